The van der Waals surface area contributed by atoms with Crippen LogP contribution in [0.3, 0.4) is 0 Å². The van der Waals surface area contributed by atoms with E-state index in [0.29, 0.717) is 12.5 Å². The van der Waals surface area contributed by atoms with Crippen molar-refractivity contribution in [2.24, 2.45) is 0 Å². The topological polar surface area (TPSA) is 27.0 Å². The van der Waals surface area contributed by atoms with Crippen molar-refractivity contribution in [3.8, 4) is 6.07 Å². The van der Waals surface area contributed by atoms with Crippen molar-refractivity contribution in [3.05, 3.63) is 0 Å². The van der Waals surface area contributed by atoms with E-state index in [4.69, 9.17) is 5.26 Å². The maximum Gasteiger partial charge on any atom is 0.0638 e. The first-order chi connectivity index (χ1) is 4.72. The van der Waals surface area contributed by atoms with Crippen LogP contribution in [0.5, 0.6) is 0 Å². The molecule has 58 valence electrons. The first kappa shape index (κ1) is 9.93. The summed E-state index contributed by atoms with van der Waals surface area (Å²) in [5.41, 5.74) is 0. The molecule has 0 spiro atoms. The fourth-order valence-electron chi connectivity index (χ4n) is 0.642. The second-order valence-electron chi connectivity index (χ2n) is 2.38. The van der Waals surface area contributed by atoms with Crippen molar-refractivity contribution >= 4 is 15.9 Å². The van der Waals surface area contributed by atoms with Crippen LogP contribution in [0.4, 0.5) is 0 Å². The molecule has 0 aliphatic rings. The summed E-state index contributed by atoms with van der Waals surface area (Å²) >= 11 is 3.34. The van der Waals surface area contributed by atoms with E-state index in [1.807, 2.05) is 7.05 Å². The smallest absolute Gasteiger partial charge is 0.0638 e. The van der Waals surface area contributed by atoms with Crippen LogP contribution in [0.15, 0.2) is 0 Å². The van der Waals surface area contributed by atoms with Crippen molar-refractivity contribution in [1.82, 2.24) is 4.90 Å². The summed E-state index contributed by atoms with van der Waals surface area (Å²) < 4.78 is 0. The third kappa shape index (κ3) is 3.86. The van der Waals surface area contributed by atoms with E-state index in [2.05, 4.69) is 33.8 Å². The molecule has 3 heteroatoms. The van der Waals surface area contributed by atoms with Crippen LogP contribution in [0.25, 0.3) is 0 Å². The number of hydrogen-bond donors (Lipinski definition) is 0. The Morgan fingerprint density at radius 3 is 2.70 bits per heavy atom. The number of rotatable bonds is 4. The minimum atomic E-state index is 0.377. The van der Waals surface area contributed by atoms with Crippen molar-refractivity contribution < 1.29 is 0 Å². The SMILES string of the molecule is CC(CC#N)N(C)CCBr. The maximum atomic E-state index is 8.37. The van der Waals surface area contributed by atoms with Crippen LogP contribution in [0.2, 0.25) is 0 Å². The Bertz CT molecular complexity index is 119. The van der Waals surface area contributed by atoms with Gasteiger partial charge < -0.3 is 4.90 Å². The molecule has 2 nitrogen and oxygen atoms in total. The Hall–Kier alpha value is -0.0700. The molecule has 0 heterocycles. The molecule has 0 fully saturated rings. The molecule has 0 aromatic carbocycles. The molecule has 0 saturated carbocycles. The third-order valence-corrected chi connectivity index (χ3v) is 1.93. The zero-order chi connectivity index (χ0) is 7.98. The van der Waals surface area contributed by atoms with Gasteiger partial charge in [-0.05, 0) is 14.0 Å². The van der Waals surface area contributed by atoms with Crippen molar-refractivity contribution in [3.63, 3.8) is 0 Å². The summed E-state index contributed by atoms with van der Waals surface area (Å²) in [6, 6.07) is 2.53. The molecule has 0 bridgehead atoms. The quantitative estimate of drug-likeness (QED) is 0.652. The van der Waals surface area contributed by atoms with E-state index in [-0.39, 0.29) is 0 Å². The molecular weight excluding hydrogens is 192 g/mol. The normalized spacial score (nSPS) is 13.1. The average molecular weight is 205 g/mol. The molecule has 1 unspecified atom stereocenters. The van der Waals surface area contributed by atoms with Gasteiger partial charge in [0.15, 0.2) is 0 Å². The summed E-state index contributed by atoms with van der Waals surface area (Å²) in [4.78, 5) is 2.16. The highest BCUT2D eigenvalue weighted by Crippen LogP contribution is 1.99. The molecule has 0 rings (SSSR count). The van der Waals surface area contributed by atoms with Crippen molar-refractivity contribution in [2.45, 2.75) is 19.4 Å². The number of halogens is 1. The Kier molecular flexibility index (Phi) is 5.66. The summed E-state index contributed by atoms with van der Waals surface area (Å²) in [6.07, 6.45) is 0.615. The molecule has 0 amide bonds. The lowest BCUT2D eigenvalue weighted by Gasteiger charge is -2.20. The molecule has 0 aromatic rings. The maximum absolute atomic E-state index is 8.37. The lowest BCUT2D eigenvalue weighted by molar-refractivity contribution is 0.277. The van der Waals surface area contributed by atoms with Gasteiger partial charge in [0, 0.05) is 17.9 Å². The van der Waals surface area contributed by atoms with E-state index in [0.717, 1.165) is 11.9 Å². The molecule has 0 aromatic heterocycles. The lowest BCUT2D eigenvalue weighted by Crippen LogP contribution is -2.30. The minimum absolute atomic E-state index is 0.377. The van der Waals surface area contributed by atoms with Crippen molar-refractivity contribution in [2.75, 3.05) is 18.9 Å². The number of hydrogen-bond acceptors (Lipinski definition) is 2. The summed E-state index contributed by atoms with van der Waals surface area (Å²) in [6.45, 7) is 3.06. The van der Waals surface area contributed by atoms with Crippen LogP contribution in [-0.2, 0) is 0 Å². The fraction of sp³-hybridized carbons (Fsp3) is 0.857. The fourth-order valence-corrected chi connectivity index (χ4v) is 1.20. The van der Waals surface area contributed by atoms with Gasteiger partial charge in [0.05, 0.1) is 12.5 Å². The standard InChI is InChI=1S/C7H13BrN2/c1-7(3-5-9)10(2)6-4-8/h7H,3-4,6H2,1-2H3. The number of nitrogens with zero attached hydrogens (tertiary/aromatic N) is 2. The van der Waals surface area contributed by atoms with Crippen LogP contribution in [-0.4, -0.2) is 29.9 Å². The van der Waals surface area contributed by atoms with Gasteiger partial charge in [0.25, 0.3) is 0 Å². The average Bonchev–Trinajstić information content (AvgIpc) is 1.89. The zero-order valence-corrected chi connectivity index (χ0v) is 8.06. The molecule has 0 saturated heterocycles. The van der Waals surface area contributed by atoms with Gasteiger partial charge in [-0.3, -0.25) is 0 Å². The highest BCUT2D eigenvalue weighted by atomic mass is 79.9. The molecule has 1 atom stereocenters. The number of nitriles is 1. The molecule has 10 heavy (non-hydrogen) atoms. The number of alkyl halides is 1. The van der Waals surface area contributed by atoms with Crippen LogP contribution >= 0.6 is 15.9 Å². The van der Waals surface area contributed by atoms with E-state index in [1.54, 1.807) is 0 Å². The van der Waals surface area contributed by atoms with Crippen LogP contribution in [0, 0.1) is 11.3 Å². The van der Waals surface area contributed by atoms with Crippen molar-refractivity contribution in [1.29, 1.82) is 5.26 Å². The van der Waals surface area contributed by atoms with Gasteiger partial charge in [-0.25, -0.2) is 0 Å². The second kappa shape index (κ2) is 5.70. The summed E-state index contributed by atoms with van der Waals surface area (Å²) in [5.74, 6) is 0. The van der Waals surface area contributed by atoms with E-state index < -0.39 is 0 Å². The van der Waals surface area contributed by atoms with Gasteiger partial charge in [0.1, 0.15) is 0 Å². The van der Waals surface area contributed by atoms with E-state index in [9.17, 15) is 0 Å². The molecule has 0 N–H and O–H groups in total. The van der Waals surface area contributed by atoms with Gasteiger partial charge in [-0.1, -0.05) is 15.9 Å². The lowest BCUT2D eigenvalue weighted by atomic mass is 10.2. The van der Waals surface area contributed by atoms with Crippen LogP contribution in [0.1, 0.15) is 13.3 Å². The Morgan fingerprint density at radius 1 is 1.70 bits per heavy atom. The van der Waals surface area contributed by atoms with E-state index >= 15 is 0 Å². The Morgan fingerprint density at radius 2 is 2.30 bits per heavy atom. The van der Waals surface area contributed by atoms with Crippen LogP contribution < -0.4 is 0 Å². The molecule has 0 aliphatic carbocycles. The molecular formula is C7H13BrN2. The molecule has 0 radical (unpaired) electrons. The monoisotopic (exact) mass is 204 g/mol. The molecule has 0 aliphatic heterocycles. The summed E-state index contributed by atoms with van der Waals surface area (Å²) in [7, 11) is 2.03. The first-order valence-electron chi connectivity index (χ1n) is 3.35. The van der Waals surface area contributed by atoms with Gasteiger partial charge in [-0.15, -0.1) is 0 Å². The van der Waals surface area contributed by atoms with Gasteiger partial charge in [-0.2, -0.15) is 5.26 Å². The third-order valence-electron chi connectivity index (χ3n) is 1.58. The predicted octanol–water partition coefficient (Wildman–Crippen LogP) is 1.62. The van der Waals surface area contributed by atoms with E-state index in [1.165, 1.54) is 0 Å². The highest BCUT2D eigenvalue weighted by Gasteiger charge is 2.05. The minimum Gasteiger partial charge on any atom is -0.302 e. The first-order valence-corrected chi connectivity index (χ1v) is 4.47. The van der Waals surface area contributed by atoms with Gasteiger partial charge in [0.2, 0.25) is 0 Å². The predicted molar refractivity (Wildman–Crippen MR) is 46.1 cm³/mol. The summed E-state index contributed by atoms with van der Waals surface area (Å²) in [5, 5.41) is 9.34. The zero-order valence-electron chi connectivity index (χ0n) is 6.47. The highest BCUT2D eigenvalue weighted by molar-refractivity contribution is 9.09. The Balaban J connectivity index is 3.50. The Labute approximate surface area is 70.9 Å². The van der Waals surface area contributed by atoms with Gasteiger partial charge >= 0.3 is 0 Å². The largest absolute Gasteiger partial charge is 0.302 e. The second-order valence-corrected chi connectivity index (χ2v) is 3.17.